The van der Waals surface area contributed by atoms with Gasteiger partial charge in [0.2, 0.25) is 0 Å². The normalized spacial score (nSPS) is 12.2. The minimum absolute atomic E-state index is 0.307. The van der Waals surface area contributed by atoms with Crippen molar-refractivity contribution in [2.75, 3.05) is 39.3 Å². The van der Waals surface area contributed by atoms with Gasteiger partial charge < -0.3 is 24.6 Å². The van der Waals surface area contributed by atoms with Gasteiger partial charge in [0.25, 0.3) is 0 Å². The molecule has 0 fully saturated rings. The molecule has 0 spiro atoms. The van der Waals surface area contributed by atoms with Crippen LogP contribution >= 0.6 is 0 Å². The average molecular weight is 320 g/mol. The number of anilines is 1. The Balaban J connectivity index is 2.22. The second-order valence-electron chi connectivity index (χ2n) is 5.24. The lowest BCUT2D eigenvalue weighted by molar-refractivity contribution is 0.0495. The third kappa shape index (κ3) is 4.24. The first-order chi connectivity index (χ1) is 11.1. The van der Waals surface area contributed by atoms with Crippen molar-refractivity contribution < 1.29 is 19.3 Å². The molecule has 1 unspecified atom stereocenters. The summed E-state index contributed by atoms with van der Waals surface area (Å²) in [7, 11) is 3.21. The van der Waals surface area contributed by atoms with E-state index < -0.39 is 6.10 Å². The maximum absolute atomic E-state index is 9.82. The van der Waals surface area contributed by atoms with E-state index in [4.69, 9.17) is 14.2 Å². The Kier molecular flexibility index (Phi) is 6.01. The summed E-state index contributed by atoms with van der Waals surface area (Å²) in [6.45, 7) is 5.19. The number of methoxy groups -OCH3 is 2. The van der Waals surface area contributed by atoms with Crippen molar-refractivity contribution in [2.45, 2.75) is 20.0 Å². The first-order valence-corrected chi connectivity index (χ1v) is 7.62. The molecule has 0 aliphatic rings. The Labute approximate surface area is 136 Å². The van der Waals surface area contributed by atoms with Crippen LogP contribution in [-0.4, -0.2) is 50.2 Å². The van der Waals surface area contributed by atoms with Crippen molar-refractivity contribution >= 4 is 16.7 Å². The smallest absolute Gasteiger partial charge is 0.162 e. The van der Waals surface area contributed by atoms with Gasteiger partial charge in [-0.3, -0.25) is 0 Å². The molecule has 2 N–H and O–H groups in total. The Bertz CT molecular complexity index is 661. The van der Waals surface area contributed by atoms with E-state index >= 15 is 0 Å². The summed E-state index contributed by atoms with van der Waals surface area (Å²) in [5.74, 6) is 2.02. The highest BCUT2D eigenvalue weighted by Gasteiger charge is 2.11. The van der Waals surface area contributed by atoms with E-state index in [1.165, 1.54) is 0 Å². The van der Waals surface area contributed by atoms with E-state index in [1.807, 2.05) is 32.0 Å². The van der Waals surface area contributed by atoms with E-state index in [2.05, 4.69) is 10.3 Å². The Morgan fingerprint density at radius 1 is 1.17 bits per heavy atom. The highest BCUT2D eigenvalue weighted by atomic mass is 16.5. The fourth-order valence-corrected chi connectivity index (χ4v) is 2.35. The van der Waals surface area contributed by atoms with E-state index in [9.17, 15) is 5.11 Å². The van der Waals surface area contributed by atoms with Crippen LogP contribution in [0, 0.1) is 6.92 Å². The van der Waals surface area contributed by atoms with Crippen LogP contribution in [0.1, 0.15) is 12.5 Å². The zero-order valence-corrected chi connectivity index (χ0v) is 14.0. The molecule has 1 aromatic carbocycles. The lowest BCUT2D eigenvalue weighted by atomic mass is 10.1. The Hall–Kier alpha value is -2.05. The number of hydrogen-bond donors (Lipinski definition) is 2. The molecular weight excluding hydrogens is 296 g/mol. The highest BCUT2D eigenvalue weighted by Crippen LogP contribution is 2.33. The summed E-state index contributed by atoms with van der Waals surface area (Å²) < 4.78 is 15.8. The summed E-state index contributed by atoms with van der Waals surface area (Å²) in [6.07, 6.45) is -0.571. The fourth-order valence-electron chi connectivity index (χ4n) is 2.35. The second-order valence-corrected chi connectivity index (χ2v) is 5.24. The number of pyridine rings is 1. The van der Waals surface area contributed by atoms with Gasteiger partial charge in [-0.05, 0) is 31.5 Å². The third-order valence-electron chi connectivity index (χ3n) is 3.55. The molecular formula is C17H24N2O4. The number of hydrogen-bond acceptors (Lipinski definition) is 6. The molecule has 6 nitrogen and oxygen atoms in total. The number of ether oxygens (including phenoxy) is 3. The number of aryl methyl sites for hydroxylation is 1. The number of aliphatic hydroxyl groups excluding tert-OH is 1. The average Bonchev–Trinajstić information content (AvgIpc) is 2.56. The minimum Gasteiger partial charge on any atom is -0.493 e. The number of fused-ring (bicyclic) bond motifs is 1. The molecule has 0 amide bonds. The van der Waals surface area contributed by atoms with Crippen molar-refractivity contribution in [3.05, 3.63) is 23.8 Å². The molecule has 1 aromatic heterocycles. The van der Waals surface area contributed by atoms with Crippen LogP contribution in [0.2, 0.25) is 0 Å². The predicted molar refractivity (Wildman–Crippen MR) is 90.6 cm³/mol. The van der Waals surface area contributed by atoms with E-state index in [-0.39, 0.29) is 0 Å². The van der Waals surface area contributed by atoms with Gasteiger partial charge in [-0.15, -0.1) is 0 Å². The summed E-state index contributed by atoms with van der Waals surface area (Å²) in [5, 5.41) is 14.0. The van der Waals surface area contributed by atoms with Crippen LogP contribution in [0.4, 0.5) is 5.82 Å². The quantitative estimate of drug-likeness (QED) is 0.778. The number of nitrogens with one attached hydrogen (secondary N) is 1. The molecule has 1 heterocycles. The van der Waals surface area contributed by atoms with E-state index in [0.29, 0.717) is 37.1 Å². The molecule has 2 rings (SSSR count). The first kappa shape index (κ1) is 17.3. The SMILES string of the molecule is CCOCC(O)CNc1cc(C)c2cc(OC)c(OC)cc2n1. The largest absolute Gasteiger partial charge is 0.493 e. The molecule has 6 heteroatoms. The Morgan fingerprint density at radius 3 is 2.52 bits per heavy atom. The van der Waals surface area contributed by atoms with Gasteiger partial charge in [0, 0.05) is 24.6 Å². The molecule has 0 saturated carbocycles. The van der Waals surface area contributed by atoms with Crippen LogP contribution in [0.25, 0.3) is 10.9 Å². The zero-order valence-electron chi connectivity index (χ0n) is 14.0. The second kappa shape index (κ2) is 7.99. The zero-order chi connectivity index (χ0) is 16.8. The first-order valence-electron chi connectivity index (χ1n) is 7.62. The molecule has 126 valence electrons. The highest BCUT2D eigenvalue weighted by molar-refractivity contribution is 5.87. The molecule has 0 bridgehead atoms. The summed E-state index contributed by atoms with van der Waals surface area (Å²) in [4.78, 5) is 4.57. The predicted octanol–water partition coefficient (Wildman–Crippen LogP) is 2.37. The van der Waals surface area contributed by atoms with Gasteiger partial charge >= 0.3 is 0 Å². The van der Waals surface area contributed by atoms with Crippen LogP contribution in [0.15, 0.2) is 18.2 Å². The standard InChI is InChI=1S/C17H24N2O4/c1-5-23-10-12(20)9-18-17-6-11(2)13-7-15(21-3)16(22-4)8-14(13)19-17/h6-8,12,20H,5,9-10H2,1-4H3,(H,18,19). The van der Waals surface area contributed by atoms with Gasteiger partial charge in [-0.25, -0.2) is 4.98 Å². The third-order valence-corrected chi connectivity index (χ3v) is 3.55. The van der Waals surface area contributed by atoms with Crippen LogP contribution in [-0.2, 0) is 4.74 Å². The van der Waals surface area contributed by atoms with E-state index in [1.54, 1.807) is 14.2 Å². The topological polar surface area (TPSA) is 72.8 Å². The van der Waals surface area contributed by atoms with Crippen molar-refractivity contribution in [1.82, 2.24) is 4.98 Å². The number of nitrogens with zero attached hydrogens (tertiary/aromatic N) is 1. The van der Waals surface area contributed by atoms with Crippen LogP contribution in [0.3, 0.4) is 0 Å². The lowest BCUT2D eigenvalue weighted by Gasteiger charge is -2.14. The fraction of sp³-hybridized carbons (Fsp3) is 0.471. The maximum Gasteiger partial charge on any atom is 0.162 e. The molecule has 0 saturated heterocycles. The number of aromatic nitrogens is 1. The van der Waals surface area contributed by atoms with Crippen molar-refractivity contribution in [2.24, 2.45) is 0 Å². The molecule has 0 radical (unpaired) electrons. The van der Waals surface area contributed by atoms with Crippen LogP contribution < -0.4 is 14.8 Å². The van der Waals surface area contributed by atoms with Gasteiger partial charge in [0.15, 0.2) is 11.5 Å². The molecule has 0 aliphatic heterocycles. The lowest BCUT2D eigenvalue weighted by Crippen LogP contribution is -2.25. The summed E-state index contributed by atoms with van der Waals surface area (Å²) in [5.41, 5.74) is 1.88. The van der Waals surface area contributed by atoms with Gasteiger partial charge in [0.1, 0.15) is 5.82 Å². The van der Waals surface area contributed by atoms with Crippen molar-refractivity contribution in [3.63, 3.8) is 0 Å². The number of rotatable bonds is 8. The van der Waals surface area contributed by atoms with Gasteiger partial charge in [0.05, 0.1) is 32.4 Å². The van der Waals surface area contributed by atoms with Gasteiger partial charge in [-0.2, -0.15) is 0 Å². The molecule has 1 atom stereocenters. The molecule has 23 heavy (non-hydrogen) atoms. The number of aliphatic hydroxyl groups is 1. The van der Waals surface area contributed by atoms with E-state index in [0.717, 1.165) is 16.5 Å². The maximum atomic E-state index is 9.82. The molecule has 0 aliphatic carbocycles. The van der Waals surface area contributed by atoms with Crippen LogP contribution in [0.5, 0.6) is 11.5 Å². The summed E-state index contributed by atoms with van der Waals surface area (Å²) in [6, 6.07) is 5.72. The van der Waals surface area contributed by atoms with Crippen molar-refractivity contribution in [1.29, 1.82) is 0 Å². The Morgan fingerprint density at radius 2 is 1.87 bits per heavy atom. The van der Waals surface area contributed by atoms with Crippen molar-refractivity contribution in [3.8, 4) is 11.5 Å². The minimum atomic E-state index is -0.571. The molecule has 2 aromatic rings. The summed E-state index contributed by atoms with van der Waals surface area (Å²) >= 11 is 0. The monoisotopic (exact) mass is 320 g/mol. The van der Waals surface area contributed by atoms with Gasteiger partial charge in [-0.1, -0.05) is 0 Å². The number of benzene rings is 1.